The predicted molar refractivity (Wildman–Crippen MR) is 98.4 cm³/mol. The Kier molecular flexibility index (Phi) is 5.35. The monoisotopic (exact) mass is 357 g/mol. The van der Waals surface area contributed by atoms with Crippen LogP contribution >= 0.6 is 11.8 Å². The molecule has 2 heterocycles. The van der Waals surface area contributed by atoms with Crippen LogP contribution in [0.5, 0.6) is 0 Å². The number of aromatic amines is 1. The van der Waals surface area contributed by atoms with Crippen LogP contribution in [0.3, 0.4) is 0 Å². The van der Waals surface area contributed by atoms with Crippen molar-refractivity contribution in [3.05, 3.63) is 58.6 Å². The Bertz CT molecular complexity index is 934. The van der Waals surface area contributed by atoms with Crippen LogP contribution in [-0.4, -0.2) is 39.8 Å². The first-order valence-corrected chi connectivity index (χ1v) is 8.90. The van der Waals surface area contributed by atoms with Crippen LogP contribution in [0.15, 0.2) is 52.5 Å². The molecule has 0 fully saturated rings. The second kappa shape index (κ2) is 7.67. The first-order chi connectivity index (χ1) is 12.1. The molecule has 0 radical (unpaired) electrons. The Morgan fingerprint density at radius 3 is 2.84 bits per heavy atom. The van der Waals surface area contributed by atoms with E-state index in [1.807, 2.05) is 19.1 Å². The van der Waals surface area contributed by atoms with Gasteiger partial charge in [0.05, 0.1) is 35.0 Å². The highest BCUT2D eigenvalue weighted by Gasteiger charge is 2.18. The minimum absolute atomic E-state index is 0.0386. The number of fused-ring (bicyclic) bond motifs is 1. The molecule has 7 heteroatoms. The average molecular weight is 357 g/mol. The van der Waals surface area contributed by atoms with E-state index in [9.17, 15) is 9.59 Å². The molecule has 2 aromatic heterocycles. The van der Waals surface area contributed by atoms with E-state index in [-0.39, 0.29) is 23.1 Å². The van der Waals surface area contributed by atoms with E-state index >= 15 is 0 Å². The summed E-state index contributed by atoms with van der Waals surface area (Å²) in [5.74, 6) is 0.161. The standard InChI is InChI=1S/C18H19N3O3S/c1-12(10-24-2)21-17(23)13-6-3-4-7-14(13)20-18(21)25-11-16(22)15-8-5-9-19-15/h3-9,12,19H,10-11H2,1-2H3/t12-/m1/s1. The van der Waals surface area contributed by atoms with E-state index in [2.05, 4.69) is 9.97 Å². The number of nitrogens with zero attached hydrogens (tertiary/aromatic N) is 2. The van der Waals surface area contributed by atoms with Gasteiger partial charge in [0.1, 0.15) is 0 Å². The molecule has 0 amide bonds. The van der Waals surface area contributed by atoms with E-state index in [1.54, 1.807) is 42.1 Å². The molecule has 0 aliphatic heterocycles. The average Bonchev–Trinajstić information content (AvgIpc) is 3.14. The number of H-pyrrole nitrogens is 1. The first kappa shape index (κ1) is 17.4. The van der Waals surface area contributed by atoms with Crippen LogP contribution in [0.4, 0.5) is 0 Å². The van der Waals surface area contributed by atoms with E-state index < -0.39 is 0 Å². The van der Waals surface area contributed by atoms with Gasteiger partial charge in [-0.05, 0) is 31.2 Å². The number of nitrogens with one attached hydrogen (secondary N) is 1. The second-order valence-corrected chi connectivity index (χ2v) is 6.63. The van der Waals surface area contributed by atoms with Gasteiger partial charge in [0.25, 0.3) is 5.56 Å². The van der Waals surface area contributed by atoms with E-state index in [0.717, 1.165) is 0 Å². The fraction of sp³-hybridized carbons (Fsp3) is 0.278. The fourth-order valence-electron chi connectivity index (χ4n) is 2.64. The third-order valence-corrected chi connectivity index (χ3v) is 4.81. The predicted octanol–water partition coefficient (Wildman–Crippen LogP) is 2.91. The fourth-order valence-corrected chi connectivity index (χ4v) is 3.62. The zero-order valence-corrected chi connectivity index (χ0v) is 14.9. The van der Waals surface area contributed by atoms with Crippen molar-refractivity contribution in [2.75, 3.05) is 19.5 Å². The lowest BCUT2D eigenvalue weighted by atomic mass is 10.2. The van der Waals surface area contributed by atoms with Gasteiger partial charge in [-0.3, -0.25) is 14.2 Å². The maximum atomic E-state index is 12.9. The lowest BCUT2D eigenvalue weighted by Crippen LogP contribution is -2.28. The van der Waals surface area contributed by atoms with Crippen LogP contribution in [0.25, 0.3) is 10.9 Å². The minimum atomic E-state index is -0.183. The molecule has 1 atom stereocenters. The van der Waals surface area contributed by atoms with Crippen LogP contribution < -0.4 is 5.56 Å². The SMILES string of the molecule is COC[C@@H](C)n1c(SCC(=O)c2ccc[nH]2)nc2ccccc2c1=O. The summed E-state index contributed by atoms with van der Waals surface area (Å²) >= 11 is 1.26. The Labute approximate surface area is 149 Å². The zero-order chi connectivity index (χ0) is 17.8. The lowest BCUT2D eigenvalue weighted by molar-refractivity contribution is 0.101. The zero-order valence-electron chi connectivity index (χ0n) is 14.1. The van der Waals surface area contributed by atoms with Gasteiger partial charge in [0.2, 0.25) is 0 Å². The van der Waals surface area contributed by atoms with Crippen LogP contribution in [0, 0.1) is 0 Å². The normalized spacial score (nSPS) is 12.4. The lowest BCUT2D eigenvalue weighted by Gasteiger charge is -2.18. The van der Waals surface area contributed by atoms with Gasteiger partial charge in [-0.25, -0.2) is 4.98 Å². The van der Waals surface area contributed by atoms with Crippen molar-refractivity contribution >= 4 is 28.4 Å². The molecule has 0 unspecified atom stereocenters. The number of aromatic nitrogens is 3. The molecule has 25 heavy (non-hydrogen) atoms. The number of rotatable bonds is 7. The number of para-hydroxylation sites is 1. The highest BCUT2D eigenvalue weighted by atomic mass is 32.2. The van der Waals surface area contributed by atoms with E-state index in [0.29, 0.717) is 28.4 Å². The Balaban J connectivity index is 1.98. The smallest absolute Gasteiger partial charge is 0.262 e. The van der Waals surface area contributed by atoms with E-state index in [4.69, 9.17) is 4.74 Å². The molecule has 0 spiro atoms. The van der Waals surface area contributed by atoms with Gasteiger partial charge in [-0.1, -0.05) is 23.9 Å². The Morgan fingerprint density at radius 1 is 1.32 bits per heavy atom. The molecule has 3 rings (SSSR count). The van der Waals surface area contributed by atoms with Crippen LogP contribution in [0.1, 0.15) is 23.5 Å². The molecular formula is C18H19N3O3S. The quantitative estimate of drug-likeness (QED) is 0.400. The number of benzene rings is 1. The van der Waals surface area contributed by atoms with Gasteiger partial charge in [0.15, 0.2) is 10.9 Å². The molecule has 3 aromatic rings. The Hall–Kier alpha value is -2.38. The molecular weight excluding hydrogens is 338 g/mol. The van der Waals surface area contributed by atoms with Crippen molar-refractivity contribution < 1.29 is 9.53 Å². The first-order valence-electron chi connectivity index (χ1n) is 7.91. The van der Waals surface area contributed by atoms with Crippen molar-refractivity contribution in [1.82, 2.24) is 14.5 Å². The number of hydrogen-bond acceptors (Lipinski definition) is 5. The maximum absolute atomic E-state index is 12.9. The summed E-state index contributed by atoms with van der Waals surface area (Å²) in [6, 6.07) is 10.6. The number of ether oxygens (including phenoxy) is 1. The summed E-state index contributed by atoms with van der Waals surface area (Å²) in [5, 5.41) is 1.08. The minimum Gasteiger partial charge on any atom is -0.383 e. The molecule has 0 saturated heterocycles. The number of carbonyl (C=O) groups excluding carboxylic acids is 1. The van der Waals surface area contributed by atoms with Gasteiger partial charge in [-0.2, -0.15) is 0 Å². The number of thioether (sulfide) groups is 1. The van der Waals surface area contributed by atoms with E-state index in [1.165, 1.54) is 11.8 Å². The number of Topliss-reactive ketones (excluding diaryl/α,β-unsaturated/α-hetero) is 1. The highest BCUT2D eigenvalue weighted by molar-refractivity contribution is 7.99. The van der Waals surface area contributed by atoms with Crippen molar-refractivity contribution in [2.45, 2.75) is 18.1 Å². The topological polar surface area (TPSA) is 77.0 Å². The number of methoxy groups -OCH3 is 1. The maximum Gasteiger partial charge on any atom is 0.262 e. The highest BCUT2D eigenvalue weighted by Crippen LogP contribution is 2.22. The summed E-state index contributed by atoms with van der Waals surface area (Å²) in [6.45, 7) is 2.29. The molecule has 0 aliphatic rings. The number of hydrogen-bond donors (Lipinski definition) is 1. The third kappa shape index (κ3) is 3.67. The largest absolute Gasteiger partial charge is 0.383 e. The van der Waals surface area contributed by atoms with Gasteiger partial charge in [-0.15, -0.1) is 0 Å². The molecule has 1 N–H and O–H groups in total. The summed E-state index contributed by atoms with van der Waals surface area (Å²) in [4.78, 5) is 32.6. The number of carbonyl (C=O) groups is 1. The Morgan fingerprint density at radius 2 is 2.12 bits per heavy atom. The number of ketones is 1. The summed E-state index contributed by atoms with van der Waals surface area (Å²) in [5.41, 5.74) is 1.06. The van der Waals surface area contributed by atoms with Gasteiger partial charge in [0, 0.05) is 13.3 Å². The molecule has 0 bridgehead atoms. The summed E-state index contributed by atoms with van der Waals surface area (Å²) in [6.07, 6.45) is 1.71. The molecule has 0 saturated carbocycles. The van der Waals surface area contributed by atoms with Crippen molar-refractivity contribution in [2.24, 2.45) is 0 Å². The third-order valence-electron chi connectivity index (χ3n) is 3.85. The van der Waals surface area contributed by atoms with Crippen molar-refractivity contribution in [3.63, 3.8) is 0 Å². The van der Waals surface area contributed by atoms with Crippen LogP contribution in [0.2, 0.25) is 0 Å². The molecule has 130 valence electrons. The summed E-state index contributed by atoms with van der Waals surface area (Å²) < 4.78 is 6.81. The molecule has 0 aliphatic carbocycles. The molecule has 1 aromatic carbocycles. The summed E-state index contributed by atoms with van der Waals surface area (Å²) in [7, 11) is 1.59. The van der Waals surface area contributed by atoms with Crippen LogP contribution in [-0.2, 0) is 4.74 Å². The van der Waals surface area contributed by atoms with Crippen molar-refractivity contribution in [3.8, 4) is 0 Å². The second-order valence-electron chi connectivity index (χ2n) is 5.69. The van der Waals surface area contributed by atoms with Crippen molar-refractivity contribution in [1.29, 1.82) is 0 Å². The molecule has 6 nitrogen and oxygen atoms in total. The van der Waals surface area contributed by atoms with Gasteiger partial charge < -0.3 is 9.72 Å². The van der Waals surface area contributed by atoms with Gasteiger partial charge >= 0.3 is 0 Å².